The van der Waals surface area contributed by atoms with Gasteiger partial charge in [0.25, 0.3) is 5.91 Å². The molecule has 7 heteroatoms. The van der Waals surface area contributed by atoms with Crippen LogP contribution in [0.1, 0.15) is 27.9 Å². The van der Waals surface area contributed by atoms with Crippen molar-refractivity contribution in [3.05, 3.63) is 53.7 Å². The molecule has 0 saturated carbocycles. The highest BCUT2D eigenvalue weighted by atomic mass is 16.5. The highest BCUT2D eigenvalue weighted by molar-refractivity contribution is 5.98. The Morgan fingerprint density at radius 2 is 2.12 bits per heavy atom. The van der Waals surface area contributed by atoms with Crippen LogP contribution in [0.25, 0.3) is 11.0 Å². The van der Waals surface area contributed by atoms with Crippen LogP contribution < -0.4 is 5.73 Å². The molecule has 3 heterocycles. The number of furan rings is 1. The number of hydrogen-bond acceptors (Lipinski definition) is 6. The Kier molecular flexibility index (Phi) is 3.85. The van der Waals surface area contributed by atoms with E-state index in [9.17, 15) is 4.79 Å². The van der Waals surface area contributed by atoms with Gasteiger partial charge in [-0.25, -0.2) is 4.98 Å². The third kappa shape index (κ3) is 2.94. The van der Waals surface area contributed by atoms with Gasteiger partial charge >= 0.3 is 0 Å². The van der Waals surface area contributed by atoms with Crippen molar-refractivity contribution in [1.82, 2.24) is 14.9 Å². The minimum atomic E-state index is -0.369. The molecular weight excluding hydrogens is 320 g/mol. The van der Waals surface area contributed by atoms with Crippen LogP contribution >= 0.6 is 0 Å². The van der Waals surface area contributed by atoms with Crippen molar-refractivity contribution < 1.29 is 13.9 Å². The number of rotatable bonds is 2. The predicted molar refractivity (Wildman–Crippen MR) is 92.0 cm³/mol. The molecule has 128 valence electrons. The summed E-state index contributed by atoms with van der Waals surface area (Å²) in [6.07, 6.45) is 2.74. The highest BCUT2D eigenvalue weighted by Gasteiger charge is 2.28. The van der Waals surface area contributed by atoms with Crippen LogP contribution in [0.3, 0.4) is 0 Å². The van der Waals surface area contributed by atoms with Crippen LogP contribution in [0.5, 0.6) is 0 Å². The number of nitrogen functional groups attached to an aromatic ring is 1. The number of carbonyl (C=O) groups is 1. The molecule has 1 atom stereocenters. The third-order valence-corrected chi connectivity index (χ3v) is 4.30. The summed E-state index contributed by atoms with van der Waals surface area (Å²) in [7, 11) is 0. The molecule has 1 amide bonds. The number of ether oxygens (including phenoxy) is 1. The summed E-state index contributed by atoms with van der Waals surface area (Å²) in [6.45, 7) is 3.24. The fraction of sp³-hybridized carbons (Fsp3) is 0.278. The quantitative estimate of drug-likeness (QED) is 0.770. The van der Waals surface area contributed by atoms with E-state index in [0.29, 0.717) is 36.8 Å². The Morgan fingerprint density at radius 1 is 1.28 bits per heavy atom. The molecule has 4 rings (SSSR count). The van der Waals surface area contributed by atoms with E-state index in [-0.39, 0.29) is 12.0 Å². The molecule has 0 unspecified atom stereocenters. The van der Waals surface area contributed by atoms with E-state index in [0.717, 1.165) is 16.7 Å². The number of amides is 1. The molecule has 0 aliphatic carbocycles. The molecule has 1 fully saturated rings. The average Bonchev–Trinajstić information content (AvgIpc) is 3.00. The van der Waals surface area contributed by atoms with Crippen molar-refractivity contribution in [3.8, 4) is 0 Å². The third-order valence-electron chi connectivity index (χ3n) is 4.30. The second-order valence-electron chi connectivity index (χ2n) is 6.05. The van der Waals surface area contributed by atoms with Crippen LogP contribution in [-0.4, -0.2) is 40.5 Å². The predicted octanol–water partition coefficient (Wildman–Crippen LogP) is 2.33. The van der Waals surface area contributed by atoms with E-state index >= 15 is 0 Å². The summed E-state index contributed by atoms with van der Waals surface area (Å²) in [5.74, 6) is 1.11. The summed E-state index contributed by atoms with van der Waals surface area (Å²) in [6, 6.07) is 7.40. The van der Waals surface area contributed by atoms with Gasteiger partial charge in [-0.2, -0.15) is 0 Å². The zero-order valence-corrected chi connectivity index (χ0v) is 13.8. The van der Waals surface area contributed by atoms with Crippen LogP contribution in [0.4, 0.5) is 5.82 Å². The minimum Gasteiger partial charge on any atom is -0.461 e. The van der Waals surface area contributed by atoms with Crippen LogP contribution in [0.2, 0.25) is 0 Å². The molecule has 2 aromatic heterocycles. The van der Waals surface area contributed by atoms with Crippen molar-refractivity contribution in [3.63, 3.8) is 0 Å². The number of morpholine rings is 1. The van der Waals surface area contributed by atoms with Crippen molar-refractivity contribution >= 4 is 22.7 Å². The van der Waals surface area contributed by atoms with Gasteiger partial charge in [0.05, 0.1) is 13.2 Å². The lowest BCUT2D eigenvalue weighted by atomic mass is 10.1. The first-order valence-electron chi connectivity index (χ1n) is 8.09. The fourth-order valence-electron chi connectivity index (χ4n) is 3.10. The van der Waals surface area contributed by atoms with E-state index in [2.05, 4.69) is 9.97 Å². The maximum atomic E-state index is 12.9. The molecule has 1 saturated heterocycles. The minimum absolute atomic E-state index is 0.0449. The van der Waals surface area contributed by atoms with Gasteiger partial charge < -0.3 is 19.8 Å². The van der Waals surface area contributed by atoms with Gasteiger partial charge in [-0.3, -0.25) is 9.78 Å². The van der Waals surface area contributed by atoms with Crippen molar-refractivity contribution in [2.75, 3.05) is 25.4 Å². The molecular formula is C18H18N4O3. The van der Waals surface area contributed by atoms with E-state index < -0.39 is 0 Å². The maximum Gasteiger partial charge on any atom is 0.254 e. The van der Waals surface area contributed by atoms with Crippen molar-refractivity contribution in [1.29, 1.82) is 0 Å². The van der Waals surface area contributed by atoms with E-state index in [4.69, 9.17) is 14.9 Å². The number of nitrogens with two attached hydrogens (primary N) is 1. The highest BCUT2D eigenvalue weighted by Crippen LogP contribution is 2.26. The molecule has 0 radical (unpaired) electrons. The zero-order valence-electron chi connectivity index (χ0n) is 13.8. The van der Waals surface area contributed by atoms with Crippen molar-refractivity contribution in [2.45, 2.75) is 13.0 Å². The van der Waals surface area contributed by atoms with Crippen LogP contribution in [0.15, 0.2) is 41.1 Å². The SMILES string of the molecule is Cc1cc2cc(C(=O)N3CCO[C@H](c4nccnc4N)C3)ccc2o1. The molecule has 1 aliphatic rings. The molecule has 25 heavy (non-hydrogen) atoms. The van der Waals surface area contributed by atoms with E-state index in [1.54, 1.807) is 17.2 Å². The Balaban J connectivity index is 1.57. The lowest BCUT2D eigenvalue weighted by Gasteiger charge is -2.32. The number of carbonyl (C=O) groups excluding carboxylic acids is 1. The lowest BCUT2D eigenvalue weighted by molar-refractivity contribution is -0.0245. The summed E-state index contributed by atoms with van der Waals surface area (Å²) in [5, 5.41) is 0.923. The largest absolute Gasteiger partial charge is 0.461 e. The molecule has 1 aromatic carbocycles. The van der Waals surface area contributed by atoms with Gasteiger partial charge in [-0.05, 0) is 31.2 Å². The maximum absolute atomic E-state index is 12.9. The zero-order chi connectivity index (χ0) is 17.4. The number of benzene rings is 1. The van der Waals surface area contributed by atoms with E-state index in [1.807, 2.05) is 25.1 Å². The van der Waals surface area contributed by atoms with Crippen molar-refractivity contribution in [2.24, 2.45) is 0 Å². The van der Waals surface area contributed by atoms with Gasteiger partial charge in [0.1, 0.15) is 29.0 Å². The molecule has 0 bridgehead atoms. The monoisotopic (exact) mass is 338 g/mol. The fourth-order valence-corrected chi connectivity index (χ4v) is 3.10. The standard InChI is InChI=1S/C18H18N4O3/c1-11-8-13-9-12(2-3-14(13)25-11)18(23)22-6-7-24-15(10-22)16-17(19)21-5-4-20-16/h2-5,8-9,15H,6-7,10H2,1H3,(H2,19,21)/t15-/m0/s1. The molecule has 0 spiro atoms. The molecule has 3 aromatic rings. The summed E-state index contributed by atoms with van der Waals surface area (Å²) in [4.78, 5) is 22.9. The first kappa shape index (κ1) is 15.6. The Bertz CT molecular complexity index is 937. The number of hydrogen-bond donors (Lipinski definition) is 1. The van der Waals surface area contributed by atoms with Crippen LogP contribution in [-0.2, 0) is 4.74 Å². The molecule has 7 nitrogen and oxygen atoms in total. The Labute approximate surface area is 144 Å². The first-order chi connectivity index (χ1) is 12.1. The van der Waals surface area contributed by atoms with E-state index in [1.165, 1.54) is 6.20 Å². The lowest BCUT2D eigenvalue weighted by Crippen LogP contribution is -2.42. The molecule has 2 N–H and O–H groups in total. The average molecular weight is 338 g/mol. The second-order valence-corrected chi connectivity index (χ2v) is 6.05. The molecule has 1 aliphatic heterocycles. The van der Waals surface area contributed by atoms with Gasteiger partial charge in [0.2, 0.25) is 0 Å². The van der Waals surface area contributed by atoms with Gasteiger partial charge in [0, 0.05) is 29.9 Å². The Hall–Kier alpha value is -2.93. The number of aromatic nitrogens is 2. The summed E-state index contributed by atoms with van der Waals surface area (Å²) < 4.78 is 11.3. The van der Waals surface area contributed by atoms with Gasteiger partial charge in [0.15, 0.2) is 0 Å². The normalized spacial score (nSPS) is 17.8. The number of fused-ring (bicyclic) bond motifs is 1. The number of anilines is 1. The number of nitrogens with zero attached hydrogens (tertiary/aromatic N) is 3. The summed E-state index contributed by atoms with van der Waals surface area (Å²) >= 11 is 0. The van der Waals surface area contributed by atoms with Crippen LogP contribution in [0, 0.1) is 6.92 Å². The Morgan fingerprint density at radius 3 is 2.96 bits per heavy atom. The summed E-state index contributed by atoms with van der Waals surface area (Å²) in [5.41, 5.74) is 7.86. The number of aryl methyl sites for hydroxylation is 1. The van der Waals surface area contributed by atoms with Gasteiger partial charge in [-0.15, -0.1) is 0 Å². The first-order valence-corrected chi connectivity index (χ1v) is 8.09. The topological polar surface area (TPSA) is 94.5 Å². The smallest absolute Gasteiger partial charge is 0.254 e. The second kappa shape index (κ2) is 6.18. The van der Waals surface area contributed by atoms with Gasteiger partial charge in [-0.1, -0.05) is 0 Å².